The van der Waals surface area contributed by atoms with Gasteiger partial charge in [0.2, 0.25) is 6.08 Å². The summed E-state index contributed by atoms with van der Waals surface area (Å²) in [4.78, 5) is 29.6. The third kappa shape index (κ3) is 6.07. The number of carbonyl (C=O) groups excluding carboxylic acids is 2. The zero-order valence-corrected chi connectivity index (χ0v) is 16.8. The van der Waals surface area contributed by atoms with Crippen LogP contribution in [0.3, 0.4) is 0 Å². The fourth-order valence-corrected chi connectivity index (χ4v) is 5.59. The molecule has 0 heterocycles. The maximum atomic E-state index is 13.2. The predicted molar refractivity (Wildman–Crippen MR) is 107 cm³/mol. The van der Waals surface area contributed by atoms with Gasteiger partial charge in [-0.2, -0.15) is 0 Å². The third-order valence-corrected chi connectivity index (χ3v) is 7.02. The predicted octanol–water partition coefficient (Wildman–Crippen LogP) is 4.81. The third-order valence-electron chi connectivity index (χ3n) is 7.02. The van der Waals surface area contributed by atoms with Gasteiger partial charge in [-0.15, -0.1) is 0 Å². The number of nitrogens with zero attached hydrogens (tertiary/aromatic N) is 2. The maximum Gasteiger partial charge on any atom is 0.317 e. The first-order chi connectivity index (χ1) is 13.3. The summed E-state index contributed by atoms with van der Waals surface area (Å²) in [5.74, 6) is 1.00. The smallest absolute Gasteiger partial charge is 0.317 e. The monoisotopic (exact) mass is 375 g/mol. The lowest BCUT2D eigenvalue weighted by Gasteiger charge is -2.42. The van der Waals surface area contributed by atoms with Crippen LogP contribution >= 0.6 is 0 Å². The Bertz CT molecular complexity index is 488. The first kappa shape index (κ1) is 20.4. The average Bonchev–Trinajstić information content (AvgIpc) is 2.73. The highest BCUT2D eigenvalue weighted by Gasteiger charge is 2.33. The maximum absolute atomic E-state index is 13.2. The molecule has 0 aromatic heterocycles. The summed E-state index contributed by atoms with van der Waals surface area (Å²) < 4.78 is 0. The lowest BCUT2D eigenvalue weighted by atomic mass is 9.81. The van der Waals surface area contributed by atoms with Crippen LogP contribution in [-0.4, -0.2) is 42.2 Å². The summed E-state index contributed by atoms with van der Waals surface area (Å²) >= 11 is 0. The summed E-state index contributed by atoms with van der Waals surface area (Å²) in [6.45, 7) is 1.38. The highest BCUT2D eigenvalue weighted by atomic mass is 16.2. The van der Waals surface area contributed by atoms with Crippen molar-refractivity contribution in [1.29, 1.82) is 0 Å². The van der Waals surface area contributed by atoms with Gasteiger partial charge in [-0.1, -0.05) is 44.9 Å². The molecule has 5 nitrogen and oxygen atoms in total. The standard InChI is InChI=1S/C22H37N3O2/c26-17-23-15-18-8-7-9-19(14-18)16-24-22(27)25(20-10-3-1-4-11-20)21-12-5-2-6-13-21/h18-21H,1-16H2,(H,24,27). The molecule has 0 aromatic carbocycles. The number of amides is 2. The summed E-state index contributed by atoms with van der Waals surface area (Å²) in [5, 5.41) is 3.30. The van der Waals surface area contributed by atoms with Crippen molar-refractivity contribution in [2.75, 3.05) is 13.1 Å². The first-order valence-electron chi connectivity index (χ1n) is 11.4. The quantitative estimate of drug-likeness (QED) is 0.535. The molecular weight excluding hydrogens is 338 g/mol. The molecule has 152 valence electrons. The largest absolute Gasteiger partial charge is 0.338 e. The van der Waals surface area contributed by atoms with Crippen LogP contribution in [0, 0.1) is 11.8 Å². The van der Waals surface area contributed by atoms with Gasteiger partial charge in [0.25, 0.3) is 0 Å². The second kappa shape index (κ2) is 10.8. The number of aliphatic imine (C=N–C) groups is 1. The van der Waals surface area contributed by atoms with E-state index in [1.165, 1.54) is 77.0 Å². The minimum absolute atomic E-state index is 0.182. The molecule has 3 aliphatic rings. The van der Waals surface area contributed by atoms with E-state index in [-0.39, 0.29) is 6.03 Å². The molecule has 27 heavy (non-hydrogen) atoms. The van der Waals surface area contributed by atoms with Gasteiger partial charge in [-0.3, -0.25) is 0 Å². The van der Waals surface area contributed by atoms with Crippen LogP contribution in [0.2, 0.25) is 0 Å². The van der Waals surface area contributed by atoms with Crippen LogP contribution in [0.1, 0.15) is 89.9 Å². The van der Waals surface area contributed by atoms with Gasteiger partial charge >= 0.3 is 6.03 Å². The van der Waals surface area contributed by atoms with Crippen LogP contribution in [0.15, 0.2) is 4.99 Å². The molecule has 3 aliphatic carbocycles. The summed E-state index contributed by atoms with van der Waals surface area (Å²) in [5.41, 5.74) is 0. The van der Waals surface area contributed by atoms with Crippen molar-refractivity contribution in [3.8, 4) is 0 Å². The van der Waals surface area contributed by atoms with E-state index in [2.05, 4.69) is 15.2 Å². The van der Waals surface area contributed by atoms with E-state index in [1.807, 2.05) is 0 Å². The number of hydrogen-bond donors (Lipinski definition) is 1. The second-order valence-corrected chi connectivity index (χ2v) is 9.01. The van der Waals surface area contributed by atoms with E-state index in [4.69, 9.17) is 0 Å². The molecule has 0 saturated heterocycles. The number of urea groups is 1. The van der Waals surface area contributed by atoms with Crippen molar-refractivity contribution in [2.45, 2.75) is 102 Å². The van der Waals surface area contributed by atoms with Crippen molar-refractivity contribution in [1.82, 2.24) is 10.2 Å². The molecule has 3 fully saturated rings. The molecule has 0 bridgehead atoms. The Kier molecular flexibility index (Phi) is 8.19. The topological polar surface area (TPSA) is 61.8 Å². The van der Waals surface area contributed by atoms with E-state index in [0.29, 0.717) is 30.5 Å². The van der Waals surface area contributed by atoms with Crippen LogP contribution in [0.4, 0.5) is 4.79 Å². The first-order valence-corrected chi connectivity index (χ1v) is 11.4. The molecule has 2 amide bonds. The Balaban J connectivity index is 1.54. The Morgan fingerprint density at radius 2 is 1.44 bits per heavy atom. The molecule has 2 atom stereocenters. The molecule has 3 rings (SSSR count). The molecule has 5 heteroatoms. The van der Waals surface area contributed by atoms with Gasteiger partial charge in [-0.05, 0) is 56.8 Å². The average molecular weight is 376 g/mol. The van der Waals surface area contributed by atoms with Crippen LogP contribution in [-0.2, 0) is 4.79 Å². The fraction of sp³-hybridized carbons (Fsp3) is 0.909. The molecule has 0 spiro atoms. The number of isocyanates is 1. The van der Waals surface area contributed by atoms with E-state index >= 15 is 0 Å². The molecule has 3 saturated carbocycles. The number of rotatable bonds is 6. The normalized spacial score (nSPS) is 27.6. The summed E-state index contributed by atoms with van der Waals surface area (Å²) in [6, 6.07) is 1.08. The summed E-state index contributed by atoms with van der Waals surface area (Å²) in [6.07, 6.45) is 18.7. The molecule has 0 radical (unpaired) electrons. The minimum atomic E-state index is 0.182. The molecule has 1 N–H and O–H groups in total. The van der Waals surface area contributed by atoms with E-state index < -0.39 is 0 Å². The lowest BCUT2D eigenvalue weighted by molar-refractivity contribution is 0.103. The van der Waals surface area contributed by atoms with Crippen LogP contribution < -0.4 is 5.32 Å². The van der Waals surface area contributed by atoms with Gasteiger partial charge < -0.3 is 10.2 Å². The number of hydrogen-bond acceptors (Lipinski definition) is 3. The molecule has 2 unspecified atom stereocenters. The van der Waals surface area contributed by atoms with Gasteiger partial charge in [-0.25, -0.2) is 14.6 Å². The highest BCUT2D eigenvalue weighted by Crippen LogP contribution is 2.31. The summed E-state index contributed by atoms with van der Waals surface area (Å²) in [7, 11) is 0. The SMILES string of the molecule is O=C=NCC1CCCC(CNC(=O)N(C2CCCCC2)C2CCCCC2)C1. The van der Waals surface area contributed by atoms with E-state index in [9.17, 15) is 9.59 Å². The Labute approximate surface area is 164 Å². The van der Waals surface area contributed by atoms with Crippen molar-refractivity contribution >= 4 is 12.1 Å². The van der Waals surface area contributed by atoms with Crippen molar-refractivity contribution < 1.29 is 9.59 Å². The molecular formula is C22H37N3O2. The van der Waals surface area contributed by atoms with Crippen molar-refractivity contribution in [3.05, 3.63) is 0 Å². The van der Waals surface area contributed by atoms with E-state index in [1.54, 1.807) is 6.08 Å². The van der Waals surface area contributed by atoms with Crippen molar-refractivity contribution in [2.24, 2.45) is 16.8 Å². The number of carbonyl (C=O) groups is 1. The van der Waals surface area contributed by atoms with Gasteiger partial charge in [0.1, 0.15) is 0 Å². The Morgan fingerprint density at radius 1 is 0.852 bits per heavy atom. The Hall–Kier alpha value is -1.35. The van der Waals surface area contributed by atoms with Gasteiger partial charge in [0, 0.05) is 18.6 Å². The zero-order chi connectivity index (χ0) is 18.9. The van der Waals surface area contributed by atoms with Crippen molar-refractivity contribution in [3.63, 3.8) is 0 Å². The zero-order valence-electron chi connectivity index (χ0n) is 16.8. The lowest BCUT2D eigenvalue weighted by Crippen LogP contribution is -2.53. The van der Waals surface area contributed by atoms with Crippen LogP contribution in [0.5, 0.6) is 0 Å². The molecule has 0 aliphatic heterocycles. The minimum Gasteiger partial charge on any atom is -0.338 e. The molecule has 0 aromatic rings. The second-order valence-electron chi connectivity index (χ2n) is 9.01. The van der Waals surface area contributed by atoms with E-state index in [0.717, 1.165) is 19.4 Å². The van der Waals surface area contributed by atoms with Gasteiger partial charge in [0.15, 0.2) is 0 Å². The fourth-order valence-electron chi connectivity index (χ4n) is 5.59. The number of nitrogens with one attached hydrogen (secondary N) is 1. The van der Waals surface area contributed by atoms with Crippen LogP contribution in [0.25, 0.3) is 0 Å². The van der Waals surface area contributed by atoms with Gasteiger partial charge in [0.05, 0.1) is 6.54 Å². The Morgan fingerprint density at radius 3 is 2.04 bits per heavy atom. The highest BCUT2D eigenvalue weighted by molar-refractivity contribution is 5.75.